The number of hydrogen-bond acceptors (Lipinski definition) is 3. The van der Waals surface area contributed by atoms with Crippen LogP contribution in [-0.4, -0.2) is 44.0 Å². The van der Waals surface area contributed by atoms with Gasteiger partial charge in [0, 0.05) is 19.1 Å². The van der Waals surface area contributed by atoms with Crippen molar-refractivity contribution in [3.8, 4) is 0 Å². The molecule has 0 unspecified atom stereocenters. The molecule has 0 aromatic carbocycles. The van der Waals surface area contributed by atoms with Crippen molar-refractivity contribution in [2.45, 2.75) is 51.0 Å². The van der Waals surface area contributed by atoms with Crippen molar-refractivity contribution in [1.29, 1.82) is 0 Å². The molecule has 1 N–H and O–H groups in total. The van der Waals surface area contributed by atoms with Crippen molar-refractivity contribution < 1.29 is 13.2 Å². The summed E-state index contributed by atoms with van der Waals surface area (Å²) >= 11 is 0. The van der Waals surface area contributed by atoms with Crippen LogP contribution in [0.2, 0.25) is 0 Å². The van der Waals surface area contributed by atoms with E-state index in [1.165, 1.54) is 6.26 Å². The van der Waals surface area contributed by atoms with E-state index in [2.05, 4.69) is 5.32 Å². The van der Waals surface area contributed by atoms with Gasteiger partial charge in [0.2, 0.25) is 15.9 Å². The molecule has 0 spiro atoms. The van der Waals surface area contributed by atoms with E-state index in [-0.39, 0.29) is 17.9 Å². The van der Waals surface area contributed by atoms with Crippen molar-refractivity contribution in [2.24, 2.45) is 5.92 Å². The third-order valence-corrected chi connectivity index (χ3v) is 5.52. The maximum atomic E-state index is 12.2. The molecule has 1 aliphatic heterocycles. The lowest BCUT2D eigenvalue weighted by Gasteiger charge is -2.38. The maximum absolute atomic E-state index is 12.2. The molecule has 2 atom stereocenters. The first-order valence-electron chi connectivity index (χ1n) is 7.24. The van der Waals surface area contributed by atoms with Crippen LogP contribution in [-0.2, 0) is 14.8 Å². The van der Waals surface area contributed by atoms with Crippen LogP contribution in [0.25, 0.3) is 0 Å². The highest BCUT2D eigenvalue weighted by Crippen LogP contribution is 2.30. The van der Waals surface area contributed by atoms with Gasteiger partial charge in [-0.15, -0.1) is 0 Å². The Morgan fingerprint density at radius 1 is 1.11 bits per heavy atom. The number of nitrogens with one attached hydrogen (secondary N) is 1. The second-order valence-electron chi connectivity index (χ2n) is 5.68. The van der Waals surface area contributed by atoms with Gasteiger partial charge in [-0.25, -0.2) is 8.42 Å². The fourth-order valence-corrected chi connectivity index (χ4v) is 4.46. The van der Waals surface area contributed by atoms with Gasteiger partial charge in [0.25, 0.3) is 0 Å². The first-order valence-corrected chi connectivity index (χ1v) is 9.09. The normalized spacial score (nSPS) is 31.3. The number of rotatable bonds is 1. The number of carbonyl (C=O) groups excluding carboxylic acids is 1. The highest BCUT2D eigenvalue weighted by molar-refractivity contribution is 7.88. The van der Waals surface area contributed by atoms with Gasteiger partial charge >= 0.3 is 0 Å². The third-order valence-electron chi connectivity index (χ3n) is 4.22. The Kier molecular flexibility index (Phi) is 4.84. The highest BCUT2D eigenvalue weighted by atomic mass is 32.2. The number of fused-ring (bicyclic) bond motifs is 1. The van der Waals surface area contributed by atoms with Crippen LogP contribution in [0.15, 0.2) is 0 Å². The van der Waals surface area contributed by atoms with Gasteiger partial charge in [-0.1, -0.05) is 19.3 Å². The number of nitrogens with zero attached hydrogens (tertiary/aromatic N) is 1. The maximum Gasteiger partial charge on any atom is 0.224 e. The van der Waals surface area contributed by atoms with Gasteiger partial charge in [-0.05, 0) is 25.7 Å². The van der Waals surface area contributed by atoms with E-state index in [0.717, 1.165) is 51.5 Å². The number of carbonyl (C=O) groups is 1. The highest BCUT2D eigenvalue weighted by Gasteiger charge is 2.38. The smallest absolute Gasteiger partial charge is 0.224 e. The van der Waals surface area contributed by atoms with E-state index in [0.29, 0.717) is 6.54 Å². The molecule has 6 heteroatoms. The molecule has 1 aliphatic carbocycles. The average molecular weight is 288 g/mol. The van der Waals surface area contributed by atoms with E-state index >= 15 is 0 Å². The fourth-order valence-electron chi connectivity index (χ4n) is 3.25. The molecule has 19 heavy (non-hydrogen) atoms. The lowest BCUT2D eigenvalue weighted by molar-refractivity contribution is -0.127. The molecule has 110 valence electrons. The summed E-state index contributed by atoms with van der Waals surface area (Å²) < 4.78 is 25.6. The van der Waals surface area contributed by atoms with Crippen LogP contribution in [0.3, 0.4) is 0 Å². The molecule has 0 aromatic heterocycles. The predicted octanol–water partition coefficient (Wildman–Crippen LogP) is 1.11. The first kappa shape index (κ1) is 14.8. The second kappa shape index (κ2) is 6.22. The van der Waals surface area contributed by atoms with Gasteiger partial charge < -0.3 is 5.32 Å². The molecule has 0 radical (unpaired) electrons. The summed E-state index contributed by atoms with van der Waals surface area (Å²) in [4.78, 5) is 12.2. The molecule has 1 heterocycles. The van der Waals surface area contributed by atoms with Crippen molar-refractivity contribution in [1.82, 2.24) is 9.62 Å². The van der Waals surface area contributed by atoms with Crippen LogP contribution in [0.5, 0.6) is 0 Å². The standard InChI is InChI=1S/C13H24N2O3S/c1-19(17,18)15-10-6-2-5-9-14-13(16)11-7-3-4-8-12(11)15/h11-12H,2-10H2,1H3,(H,14,16)/t11-,12+/m1/s1. The molecular formula is C13H24N2O3S. The largest absolute Gasteiger partial charge is 0.356 e. The summed E-state index contributed by atoms with van der Waals surface area (Å²) in [5.74, 6) is -0.123. The summed E-state index contributed by atoms with van der Waals surface area (Å²) in [5, 5.41) is 2.96. The lowest BCUT2D eigenvalue weighted by Crippen LogP contribution is -2.51. The fraction of sp³-hybridized carbons (Fsp3) is 0.923. The SMILES string of the molecule is CS(=O)(=O)N1CCCCCNC(=O)[C@@H]2CCCC[C@@H]21. The first-order chi connectivity index (χ1) is 9.00. The van der Waals surface area contributed by atoms with E-state index < -0.39 is 10.0 Å². The minimum atomic E-state index is -3.23. The van der Waals surface area contributed by atoms with Crippen molar-refractivity contribution in [2.75, 3.05) is 19.3 Å². The average Bonchev–Trinajstić information content (AvgIpc) is 2.36. The zero-order valence-electron chi connectivity index (χ0n) is 11.6. The summed E-state index contributed by atoms with van der Waals surface area (Å²) in [6.07, 6.45) is 7.69. The van der Waals surface area contributed by atoms with Crippen LogP contribution in [0.4, 0.5) is 0 Å². The van der Waals surface area contributed by atoms with Crippen molar-refractivity contribution in [3.05, 3.63) is 0 Å². The molecule has 0 aromatic rings. The second-order valence-corrected chi connectivity index (χ2v) is 7.62. The molecule has 1 amide bonds. The molecule has 0 bridgehead atoms. The quantitative estimate of drug-likeness (QED) is 0.786. The van der Waals surface area contributed by atoms with Gasteiger partial charge in [0.05, 0.1) is 12.2 Å². The number of sulfonamides is 1. The minimum absolute atomic E-state index is 0.0419. The molecule has 1 saturated heterocycles. The Morgan fingerprint density at radius 3 is 2.58 bits per heavy atom. The molecule has 1 saturated carbocycles. The van der Waals surface area contributed by atoms with Crippen LogP contribution < -0.4 is 5.32 Å². The van der Waals surface area contributed by atoms with E-state index in [9.17, 15) is 13.2 Å². The zero-order valence-corrected chi connectivity index (χ0v) is 12.4. The van der Waals surface area contributed by atoms with E-state index in [1.54, 1.807) is 4.31 Å². The number of amides is 1. The molecule has 2 rings (SSSR count). The topological polar surface area (TPSA) is 66.5 Å². The molecule has 5 nitrogen and oxygen atoms in total. The van der Waals surface area contributed by atoms with Crippen LogP contribution >= 0.6 is 0 Å². The predicted molar refractivity (Wildman–Crippen MR) is 74.2 cm³/mol. The van der Waals surface area contributed by atoms with Crippen LogP contribution in [0, 0.1) is 5.92 Å². The summed E-state index contributed by atoms with van der Waals surface area (Å²) in [5.41, 5.74) is 0. The Labute approximate surface area is 115 Å². The van der Waals surface area contributed by atoms with Gasteiger partial charge in [0.15, 0.2) is 0 Å². The zero-order chi connectivity index (χ0) is 13.9. The summed E-state index contributed by atoms with van der Waals surface area (Å²) in [6, 6.07) is -0.137. The number of hydrogen-bond donors (Lipinski definition) is 1. The van der Waals surface area contributed by atoms with Crippen LogP contribution in [0.1, 0.15) is 44.9 Å². The summed E-state index contributed by atoms with van der Waals surface area (Å²) in [7, 11) is -3.23. The van der Waals surface area contributed by atoms with Gasteiger partial charge in [-0.2, -0.15) is 4.31 Å². The Hall–Kier alpha value is -0.620. The van der Waals surface area contributed by atoms with E-state index in [1.807, 2.05) is 0 Å². The van der Waals surface area contributed by atoms with Crippen molar-refractivity contribution in [3.63, 3.8) is 0 Å². The van der Waals surface area contributed by atoms with Gasteiger partial charge in [0.1, 0.15) is 0 Å². The molecule has 2 aliphatic rings. The molecular weight excluding hydrogens is 264 g/mol. The Morgan fingerprint density at radius 2 is 1.84 bits per heavy atom. The Balaban J connectivity index is 2.25. The third kappa shape index (κ3) is 3.69. The molecule has 2 fully saturated rings. The van der Waals surface area contributed by atoms with Gasteiger partial charge in [-0.3, -0.25) is 4.79 Å². The minimum Gasteiger partial charge on any atom is -0.356 e. The lowest BCUT2D eigenvalue weighted by atomic mass is 9.83. The van der Waals surface area contributed by atoms with E-state index in [4.69, 9.17) is 0 Å². The monoisotopic (exact) mass is 288 g/mol. The van der Waals surface area contributed by atoms with Crippen molar-refractivity contribution >= 4 is 15.9 Å². The summed E-state index contributed by atoms with van der Waals surface area (Å²) in [6.45, 7) is 1.29. The Bertz CT molecular complexity index is 422.